The second-order valence-corrected chi connectivity index (χ2v) is 4.56. The normalized spacial score (nSPS) is 11.9. The van der Waals surface area contributed by atoms with Crippen molar-refractivity contribution in [3.05, 3.63) is 23.8 Å². The van der Waals surface area contributed by atoms with Crippen molar-refractivity contribution in [1.29, 1.82) is 0 Å². The molecule has 0 aliphatic carbocycles. The molecule has 0 saturated carbocycles. The zero-order valence-corrected chi connectivity index (χ0v) is 10.9. The SMILES string of the molecule is CCCN(c1ccc(N)cc1C(F)(F)F)C(C)C. The molecule has 102 valence electrons. The average Bonchev–Trinajstić information content (AvgIpc) is 2.24. The predicted molar refractivity (Wildman–Crippen MR) is 68.6 cm³/mol. The topological polar surface area (TPSA) is 29.3 Å². The molecule has 0 aromatic heterocycles. The Morgan fingerprint density at radius 3 is 2.33 bits per heavy atom. The van der Waals surface area contributed by atoms with Crippen LogP contribution in [0, 0.1) is 0 Å². The van der Waals surface area contributed by atoms with E-state index in [1.165, 1.54) is 12.1 Å². The highest BCUT2D eigenvalue weighted by Crippen LogP contribution is 2.38. The molecule has 2 N–H and O–H groups in total. The van der Waals surface area contributed by atoms with Gasteiger partial charge in [0.1, 0.15) is 0 Å². The van der Waals surface area contributed by atoms with E-state index >= 15 is 0 Å². The van der Waals surface area contributed by atoms with Gasteiger partial charge >= 0.3 is 6.18 Å². The monoisotopic (exact) mass is 260 g/mol. The third kappa shape index (κ3) is 3.31. The highest BCUT2D eigenvalue weighted by molar-refractivity contribution is 5.61. The summed E-state index contributed by atoms with van der Waals surface area (Å²) in [6.45, 7) is 6.29. The highest BCUT2D eigenvalue weighted by Gasteiger charge is 2.35. The summed E-state index contributed by atoms with van der Waals surface area (Å²) in [6, 6.07) is 3.97. The minimum absolute atomic E-state index is 0.00896. The Balaban J connectivity index is 3.29. The van der Waals surface area contributed by atoms with Gasteiger partial charge < -0.3 is 10.6 Å². The zero-order chi connectivity index (χ0) is 13.9. The Morgan fingerprint density at radius 2 is 1.89 bits per heavy atom. The second-order valence-electron chi connectivity index (χ2n) is 4.56. The first kappa shape index (κ1) is 14.7. The molecule has 1 rings (SSSR count). The van der Waals surface area contributed by atoms with Gasteiger partial charge in [0.05, 0.1) is 5.56 Å². The summed E-state index contributed by atoms with van der Waals surface area (Å²) in [5.74, 6) is 0. The highest BCUT2D eigenvalue weighted by atomic mass is 19.4. The third-order valence-corrected chi connectivity index (χ3v) is 2.72. The Hall–Kier alpha value is -1.39. The van der Waals surface area contributed by atoms with Crippen molar-refractivity contribution in [2.45, 2.75) is 39.4 Å². The van der Waals surface area contributed by atoms with E-state index in [4.69, 9.17) is 5.73 Å². The van der Waals surface area contributed by atoms with Gasteiger partial charge in [-0.05, 0) is 38.5 Å². The minimum atomic E-state index is -4.38. The number of alkyl halides is 3. The molecule has 0 aliphatic rings. The van der Waals surface area contributed by atoms with Crippen molar-refractivity contribution >= 4 is 11.4 Å². The van der Waals surface area contributed by atoms with E-state index in [9.17, 15) is 13.2 Å². The van der Waals surface area contributed by atoms with E-state index in [1.807, 2.05) is 20.8 Å². The summed E-state index contributed by atoms with van der Waals surface area (Å²) in [5, 5.41) is 0. The summed E-state index contributed by atoms with van der Waals surface area (Å²) in [5.41, 5.74) is 5.13. The van der Waals surface area contributed by atoms with E-state index in [-0.39, 0.29) is 17.4 Å². The van der Waals surface area contributed by atoms with Gasteiger partial charge in [0.25, 0.3) is 0 Å². The van der Waals surface area contributed by atoms with E-state index < -0.39 is 11.7 Å². The molecule has 0 amide bonds. The lowest BCUT2D eigenvalue weighted by molar-refractivity contribution is -0.137. The standard InChI is InChI=1S/C13H19F3N2/c1-4-7-18(9(2)3)12-6-5-10(17)8-11(12)13(14,15)16/h5-6,8-9H,4,7,17H2,1-3H3. The van der Waals surface area contributed by atoms with Crippen LogP contribution in [0.1, 0.15) is 32.8 Å². The number of nitrogen functional groups attached to an aromatic ring is 1. The maximum absolute atomic E-state index is 13.0. The van der Waals surface area contributed by atoms with Crippen LogP contribution in [0.4, 0.5) is 24.5 Å². The summed E-state index contributed by atoms with van der Waals surface area (Å²) >= 11 is 0. The smallest absolute Gasteiger partial charge is 0.399 e. The molecule has 0 aliphatic heterocycles. The van der Waals surface area contributed by atoms with Crippen LogP contribution < -0.4 is 10.6 Å². The molecular formula is C13H19F3N2. The second kappa shape index (κ2) is 5.50. The van der Waals surface area contributed by atoms with Crippen molar-refractivity contribution in [3.8, 4) is 0 Å². The third-order valence-electron chi connectivity index (χ3n) is 2.72. The molecule has 0 bridgehead atoms. The number of hydrogen-bond donors (Lipinski definition) is 1. The van der Waals surface area contributed by atoms with Crippen LogP contribution in [0.3, 0.4) is 0 Å². The number of benzene rings is 1. The molecule has 1 aromatic carbocycles. The van der Waals surface area contributed by atoms with Crippen molar-refractivity contribution in [2.24, 2.45) is 0 Å². The Bertz CT molecular complexity index is 400. The average molecular weight is 260 g/mol. The molecule has 0 atom stereocenters. The summed E-state index contributed by atoms with van der Waals surface area (Å²) < 4.78 is 39.0. The van der Waals surface area contributed by atoms with Crippen LogP contribution in [0.15, 0.2) is 18.2 Å². The van der Waals surface area contributed by atoms with Gasteiger partial charge in [0, 0.05) is 24.0 Å². The Kier molecular flexibility index (Phi) is 4.48. The van der Waals surface area contributed by atoms with Gasteiger partial charge in [-0.3, -0.25) is 0 Å². The van der Waals surface area contributed by atoms with Gasteiger partial charge in [0.2, 0.25) is 0 Å². The molecule has 0 radical (unpaired) electrons. The Morgan fingerprint density at radius 1 is 1.28 bits per heavy atom. The van der Waals surface area contributed by atoms with E-state index in [0.717, 1.165) is 12.5 Å². The fraction of sp³-hybridized carbons (Fsp3) is 0.538. The summed E-state index contributed by atoms with van der Waals surface area (Å²) in [4.78, 5) is 1.75. The first-order valence-electron chi connectivity index (χ1n) is 6.00. The van der Waals surface area contributed by atoms with Gasteiger partial charge in [-0.2, -0.15) is 13.2 Å². The van der Waals surface area contributed by atoms with E-state index in [2.05, 4.69) is 0 Å². The lowest BCUT2D eigenvalue weighted by Gasteiger charge is -2.31. The summed E-state index contributed by atoms with van der Waals surface area (Å²) in [7, 11) is 0. The largest absolute Gasteiger partial charge is 0.418 e. The molecule has 2 nitrogen and oxygen atoms in total. The molecule has 0 unspecified atom stereocenters. The number of rotatable bonds is 4. The van der Waals surface area contributed by atoms with Crippen molar-refractivity contribution in [1.82, 2.24) is 0 Å². The fourth-order valence-corrected chi connectivity index (χ4v) is 1.93. The predicted octanol–water partition coefficient (Wildman–Crippen LogP) is 3.91. The molecule has 1 aromatic rings. The summed E-state index contributed by atoms with van der Waals surface area (Å²) in [6.07, 6.45) is -3.59. The number of nitrogens with two attached hydrogens (primary N) is 1. The maximum Gasteiger partial charge on any atom is 0.418 e. The fourth-order valence-electron chi connectivity index (χ4n) is 1.93. The number of hydrogen-bond acceptors (Lipinski definition) is 2. The lowest BCUT2D eigenvalue weighted by atomic mass is 10.1. The van der Waals surface area contributed by atoms with Crippen LogP contribution in [0.2, 0.25) is 0 Å². The number of anilines is 2. The molecular weight excluding hydrogens is 241 g/mol. The van der Waals surface area contributed by atoms with Gasteiger partial charge in [-0.25, -0.2) is 0 Å². The molecule has 18 heavy (non-hydrogen) atoms. The van der Waals surface area contributed by atoms with E-state index in [0.29, 0.717) is 6.54 Å². The lowest BCUT2D eigenvalue weighted by Crippen LogP contribution is -2.33. The van der Waals surface area contributed by atoms with Crippen LogP contribution >= 0.6 is 0 Å². The number of halogens is 3. The van der Waals surface area contributed by atoms with Crippen molar-refractivity contribution in [2.75, 3.05) is 17.2 Å². The van der Waals surface area contributed by atoms with Crippen LogP contribution in [-0.4, -0.2) is 12.6 Å². The first-order valence-corrected chi connectivity index (χ1v) is 6.00. The van der Waals surface area contributed by atoms with E-state index in [1.54, 1.807) is 4.90 Å². The quantitative estimate of drug-likeness (QED) is 0.831. The number of nitrogens with zero attached hydrogens (tertiary/aromatic N) is 1. The first-order chi connectivity index (χ1) is 8.27. The molecule has 0 saturated heterocycles. The van der Waals surface area contributed by atoms with Gasteiger partial charge in [-0.15, -0.1) is 0 Å². The molecule has 0 heterocycles. The zero-order valence-electron chi connectivity index (χ0n) is 10.9. The maximum atomic E-state index is 13.0. The van der Waals surface area contributed by atoms with Gasteiger partial charge in [0.15, 0.2) is 0 Å². The van der Waals surface area contributed by atoms with Crippen LogP contribution in [0.25, 0.3) is 0 Å². The van der Waals surface area contributed by atoms with Crippen molar-refractivity contribution in [3.63, 3.8) is 0 Å². The van der Waals surface area contributed by atoms with Crippen LogP contribution in [0.5, 0.6) is 0 Å². The van der Waals surface area contributed by atoms with Crippen LogP contribution in [-0.2, 0) is 6.18 Å². The Labute approximate surface area is 106 Å². The molecule has 0 fully saturated rings. The van der Waals surface area contributed by atoms with Crippen molar-refractivity contribution < 1.29 is 13.2 Å². The molecule has 5 heteroatoms. The van der Waals surface area contributed by atoms with Gasteiger partial charge in [-0.1, -0.05) is 6.92 Å². The molecule has 0 spiro atoms. The minimum Gasteiger partial charge on any atom is -0.399 e.